The third-order valence-corrected chi connectivity index (χ3v) is 8.58. The standard InChI is InChI=1S/C38H74O4.Na/c1-3-5-7-9-11-13-15-17-19-21-23-25-27-29-31-33-37(39)41-35-36-42-38(40)34-32-30-28-26-24-22-20-18-16-14-12-10-8-6-4-2;/h3-36H2,1-2H3;. The molecule has 0 fully saturated rings. The summed E-state index contributed by atoms with van der Waals surface area (Å²) in [4.78, 5) is 23.8. The first-order valence-corrected chi connectivity index (χ1v) is 19.0. The third kappa shape index (κ3) is 39.9. The van der Waals surface area contributed by atoms with Gasteiger partial charge in [0.05, 0.1) is 0 Å². The summed E-state index contributed by atoms with van der Waals surface area (Å²) in [6.07, 6.45) is 40.5. The van der Waals surface area contributed by atoms with Crippen molar-refractivity contribution in [1.82, 2.24) is 0 Å². The van der Waals surface area contributed by atoms with Crippen LogP contribution in [0.5, 0.6) is 0 Å². The average molecular weight is 618 g/mol. The van der Waals surface area contributed by atoms with Crippen LogP contribution in [-0.4, -0.2) is 54.7 Å². The normalized spacial score (nSPS) is 10.9. The summed E-state index contributed by atoms with van der Waals surface area (Å²) >= 11 is 0. The van der Waals surface area contributed by atoms with Crippen molar-refractivity contribution in [2.75, 3.05) is 13.2 Å². The van der Waals surface area contributed by atoms with Crippen molar-refractivity contribution in [3.8, 4) is 0 Å². The molecular formula is C38H74NaO4. The van der Waals surface area contributed by atoms with Gasteiger partial charge in [-0.15, -0.1) is 0 Å². The molecule has 0 aromatic heterocycles. The summed E-state index contributed by atoms with van der Waals surface area (Å²) in [6.45, 7) is 4.92. The van der Waals surface area contributed by atoms with E-state index in [1.165, 1.54) is 167 Å². The van der Waals surface area contributed by atoms with E-state index in [-0.39, 0.29) is 54.7 Å². The molecule has 0 heterocycles. The second-order valence-electron chi connectivity index (χ2n) is 12.8. The molecule has 0 aliphatic heterocycles. The van der Waals surface area contributed by atoms with Gasteiger partial charge in [0.15, 0.2) is 0 Å². The first-order chi connectivity index (χ1) is 20.7. The molecule has 0 bridgehead atoms. The molecule has 0 N–H and O–H groups in total. The van der Waals surface area contributed by atoms with Crippen LogP contribution >= 0.6 is 0 Å². The Labute approximate surface area is 291 Å². The molecule has 0 saturated heterocycles. The number of esters is 2. The zero-order valence-corrected chi connectivity index (χ0v) is 31.7. The van der Waals surface area contributed by atoms with Crippen LogP contribution in [0.4, 0.5) is 0 Å². The van der Waals surface area contributed by atoms with Gasteiger partial charge in [0.25, 0.3) is 0 Å². The largest absolute Gasteiger partial charge is 0.462 e. The topological polar surface area (TPSA) is 52.6 Å². The summed E-state index contributed by atoms with van der Waals surface area (Å²) in [6, 6.07) is 0. The second-order valence-corrected chi connectivity index (χ2v) is 12.8. The van der Waals surface area contributed by atoms with Crippen LogP contribution in [0.3, 0.4) is 0 Å². The zero-order chi connectivity index (χ0) is 30.6. The quantitative estimate of drug-likeness (QED) is 0.0403. The Kier molecular flexibility index (Phi) is 41.9. The average Bonchev–Trinajstić information content (AvgIpc) is 2.99. The molecule has 1 radical (unpaired) electrons. The van der Waals surface area contributed by atoms with Crippen molar-refractivity contribution < 1.29 is 19.1 Å². The molecule has 0 unspecified atom stereocenters. The minimum absolute atomic E-state index is 0. The predicted octanol–water partition coefficient (Wildman–Crippen LogP) is 12.2. The fourth-order valence-corrected chi connectivity index (χ4v) is 5.74. The summed E-state index contributed by atoms with van der Waals surface area (Å²) in [7, 11) is 0. The molecule has 43 heavy (non-hydrogen) atoms. The number of hydrogen-bond donors (Lipinski definition) is 0. The zero-order valence-electron chi connectivity index (χ0n) is 29.7. The maximum Gasteiger partial charge on any atom is 0.305 e. The van der Waals surface area contributed by atoms with Crippen molar-refractivity contribution in [3.63, 3.8) is 0 Å². The molecular weight excluding hydrogens is 543 g/mol. The second kappa shape index (κ2) is 40.0. The van der Waals surface area contributed by atoms with E-state index >= 15 is 0 Å². The first-order valence-electron chi connectivity index (χ1n) is 19.0. The molecule has 0 aromatic rings. The Morgan fingerprint density at radius 1 is 0.326 bits per heavy atom. The molecule has 0 atom stereocenters. The van der Waals surface area contributed by atoms with Crippen LogP contribution in [0.2, 0.25) is 0 Å². The van der Waals surface area contributed by atoms with Crippen LogP contribution in [0.15, 0.2) is 0 Å². The Morgan fingerprint density at radius 3 is 0.721 bits per heavy atom. The molecule has 0 spiro atoms. The van der Waals surface area contributed by atoms with Crippen molar-refractivity contribution in [3.05, 3.63) is 0 Å². The van der Waals surface area contributed by atoms with Crippen molar-refractivity contribution in [2.45, 2.75) is 219 Å². The molecule has 251 valence electrons. The van der Waals surface area contributed by atoms with E-state index in [1.54, 1.807) is 0 Å². The van der Waals surface area contributed by atoms with Gasteiger partial charge in [0.2, 0.25) is 0 Å². The minimum atomic E-state index is -0.164. The molecule has 0 rings (SSSR count). The van der Waals surface area contributed by atoms with Gasteiger partial charge in [-0.3, -0.25) is 9.59 Å². The van der Waals surface area contributed by atoms with E-state index in [0.717, 1.165) is 25.7 Å². The molecule has 0 aliphatic carbocycles. The molecule has 0 aromatic carbocycles. The van der Waals surface area contributed by atoms with Gasteiger partial charge in [-0.25, -0.2) is 0 Å². The number of rotatable bonds is 35. The van der Waals surface area contributed by atoms with E-state index in [1.807, 2.05) is 0 Å². The van der Waals surface area contributed by atoms with E-state index in [0.29, 0.717) is 12.8 Å². The molecule has 0 amide bonds. The summed E-state index contributed by atoms with van der Waals surface area (Å²) in [5, 5.41) is 0. The molecule has 0 saturated carbocycles. The smallest absolute Gasteiger partial charge is 0.305 e. The van der Waals surface area contributed by atoms with Gasteiger partial charge < -0.3 is 9.47 Å². The van der Waals surface area contributed by atoms with E-state index in [9.17, 15) is 9.59 Å². The molecule has 5 heteroatoms. The summed E-state index contributed by atoms with van der Waals surface area (Å²) < 4.78 is 10.5. The Hall–Kier alpha value is -0.0600. The van der Waals surface area contributed by atoms with E-state index < -0.39 is 0 Å². The summed E-state index contributed by atoms with van der Waals surface area (Å²) in [5.41, 5.74) is 0. The number of carbonyl (C=O) groups is 2. The monoisotopic (exact) mass is 618 g/mol. The number of unbranched alkanes of at least 4 members (excludes halogenated alkanes) is 28. The maximum absolute atomic E-state index is 11.9. The van der Waals surface area contributed by atoms with Crippen molar-refractivity contribution in [1.29, 1.82) is 0 Å². The summed E-state index contributed by atoms with van der Waals surface area (Å²) in [5.74, 6) is -0.327. The van der Waals surface area contributed by atoms with Crippen molar-refractivity contribution in [2.24, 2.45) is 0 Å². The van der Waals surface area contributed by atoms with Crippen LogP contribution in [0, 0.1) is 0 Å². The fourth-order valence-electron chi connectivity index (χ4n) is 5.74. The van der Waals surface area contributed by atoms with Gasteiger partial charge in [-0.1, -0.05) is 194 Å². The molecule has 4 nitrogen and oxygen atoms in total. The Balaban J connectivity index is 0. The van der Waals surface area contributed by atoms with Gasteiger partial charge in [0, 0.05) is 42.4 Å². The van der Waals surface area contributed by atoms with Gasteiger partial charge in [-0.05, 0) is 12.8 Å². The maximum atomic E-state index is 11.9. The third-order valence-electron chi connectivity index (χ3n) is 8.58. The van der Waals surface area contributed by atoms with Gasteiger partial charge >= 0.3 is 11.9 Å². The number of carbonyl (C=O) groups excluding carboxylic acids is 2. The fraction of sp³-hybridized carbons (Fsp3) is 0.947. The van der Waals surface area contributed by atoms with Crippen LogP contribution in [0.25, 0.3) is 0 Å². The van der Waals surface area contributed by atoms with Gasteiger partial charge in [-0.2, -0.15) is 0 Å². The van der Waals surface area contributed by atoms with Crippen LogP contribution < -0.4 is 0 Å². The number of ether oxygens (including phenoxy) is 2. The van der Waals surface area contributed by atoms with E-state index in [4.69, 9.17) is 9.47 Å². The minimum Gasteiger partial charge on any atom is -0.462 e. The Morgan fingerprint density at radius 2 is 0.512 bits per heavy atom. The number of hydrogen-bond acceptors (Lipinski definition) is 4. The van der Waals surface area contributed by atoms with Gasteiger partial charge in [0.1, 0.15) is 13.2 Å². The van der Waals surface area contributed by atoms with Crippen LogP contribution in [0.1, 0.15) is 219 Å². The Bertz CT molecular complexity index is 506. The SMILES string of the molecule is CCCCCCCCCCCCCCCCCC(=O)OCCOC(=O)CCCCCCCCCCCCCCCCC.[Na]. The first kappa shape index (κ1) is 45.1. The predicted molar refractivity (Wildman–Crippen MR) is 187 cm³/mol. The molecule has 0 aliphatic rings. The van der Waals surface area contributed by atoms with E-state index in [2.05, 4.69) is 13.8 Å². The van der Waals surface area contributed by atoms with Crippen molar-refractivity contribution >= 4 is 41.5 Å². The van der Waals surface area contributed by atoms with Crippen LogP contribution in [-0.2, 0) is 19.1 Å².